The van der Waals surface area contributed by atoms with Gasteiger partial charge in [0.2, 0.25) is 0 Å². The molecule has 1 amide bonds. The molecule has 3 rings (SSSR count). The summed E-state index contributed by atoms with van der Waals surface area (Å²) < 4.78 is 5.19. The first-order chi connectivity index (χ1) is 12.6. The largest absolute Gasteiger partial charge is 0.495 e. The van der Waals surface area contributed by atoms with Crippen LogP contribution in [-0.4, -0.2) is 29.8 Å². The van der Waals surface area contributed by atoms with Gasteiger partial charge in [0.25, 0.3) is 5.91 Å². The summed E-state index contributed by atoms with van der Waals surface area (Å²) in [6, 6.07) is 11.1. The van der Waals surface area contributed by atoms with Crippen molar-refractivity contribution in [3.05, 3.63) is 47.1 Å². The van der Waals surface area contributed by atoms with E-state index in [2.05, 4.69) is 15.5 Å². The molecule has 0 saturated heterocycles. The topological polar surface area (TPSA) is 90.1 Å². The minimum atomic E-state index is -0.323. The van der Waals surface area contributed by atoms with Crippen LogP contribution < -0.4 is 15.8 Å². The molecule has 6 nitrogen and oxygen atoms in total. The van der Waals surface area contributed by atoms with Gasteiger partial charge in [-0.05, 0) is 24.1 Å². The van der Waals surface area contributed by atoms with E-state index in [0.29, 0.717) is 33.9 Å². The zero-order valence-electron chi connectivity index (χ0n) is 14.5. The van der Waals surface area contributed by atoms with Gasteiger partial charge in [-0.3, -0.25) is 4.79 Å². The fraction of sp³-hybridized carbons (Fsp3) is 0.211. The number of amides is 1. The maximum absolute atomic E-state index is 12.2. The third kappa shape index (κ3) is 3.28. The summed E-state index contributed by atoms with van der Waals surface area (Å²) in [7, 11) is 1.57. The van der Waals surface area contributed by atoms with Gasteiger partial charge in [-0.1, -0.05) is 42.8 Å². The Morgan fingerprint density at radius 2 is 2.08 bits per heavy atom. The van der Waals surface area contributed by atoms with E-state index >= 15 is 0 Å². The smallest absolute Gasteiger partial charge is 0.273 e. The minimum absolute atomic E-state index is 0.135. The maximum Gasteiger partial charge on any atom is 0.273 e. The third-order valence-electron chi connectivity index (χ3n) is 4.04. The Morgan fingerprint density at radius 1 is 1.27 bits per heavy atom. The second-order valence-electron chi connectivity index (χ2n) is 5.77. The first kappa shape index (κ1) is 17.9. The maximum atomic E-state index is 12.2. The van der Waals surface area contributed by atoms with E-state index in [1.165, 1.54) is 0 Å². The molecule has 3 aromatic rings. The van der Waals surface area contributed by atoms with Gasteiger partial charge in [0, 0.05) is 17.5 Å². The van der Waals surface area contributed by atoms with E-state index in [1.54, 1.807) is 19.2 Å². The number of nitrogen functional groups attached to an aromatic ring is 1. The van der Waals surface area contributed by atoms with Crippen LogP contribution in [0.4, 0.5) is 5.69 Å². The van der Waals surface area contributed by atoms with Crippen molar-refractivity contribution in [2.24, 2.45) is 0 Å². The molecule has 2 aromatic carbocycles. The normalized spacial score (nSPS) is 10.7. The number of carbonyl (C=O) groups excluding carboxylic acids is 1. The molecule has 0 unspecified atom stereocenters. The number of hydrogen-bond donors (Lipinski definition) is 2. The average molecular weight is 371 g/mol. The molecule has 134 valence electrons. The van der Waals surface area contributed by atoms with Gasteiger partial charge in [-0.25, -0.2) is 0 Å². The van der Waals surface area contributed by atoms with Gasteiger partial charge in [0.15, 0.2) is 5.69 Å². The number of nitrogens with zero attached hydrogens (tertiary/aromatic N) is 2. The number of rotatable bonds is 5. The molecule has 0 aliphatic rings. The van der Waals surface area contributed by atoms with Gasteiger partial charge in [-0.15, -0.1) is 10.2 Å². The van der Waals surface area contributed by atoms with Crippen LogP contribution in [0.1, 0.15) is 23.8 Å². The van der Waals surface area contributed by atoms with Crippen LogP contribution in [-0.2, 0) is 0 Å². The van der Waals surface area contributed by atoms with E-state index in [4.69, 9.17) is 22.1 Å². The summed E-state index contributed by atoms with van der Waals surface area (Å²) in [6.45, 7) is 2.53. The highest BCUT2D eigenvalue weighted by molar-refractivity contribution is 6.32. The lowest BCUT2D eigenvalue weighted by atomic mass is 10.0. The van der Waals surface area contributed by atoms with Crippen molar-refractivity contribution in [2.45, 2.75) is 13.3 Å². The average Bonchev–Trinajstić information content (AvgIpc) is 2.66. The Morgan fingerprint density at radius 3 is 2.77 bits per heavy atom. The van der Waals surface area contributed by atoms with Crippen molar-refractivity contribution in [2.75, 3.05) is 19.4 Å². The Bertz CT molecular complexity index is 975. The van der Waals surface area contributed by atoms with Crippen LogP contribution in [0.15, 0.2) is 36.4 Å². The molecule has 7 heteroatoms. The summed E-state index contributed by atoms with van der Waals surface area (Å²) in [5.41, 5.74) is 8.94. The fourth-order valence-electron chi connectivity index (χ4n) is 2.71. The van der Waals surface area contributed by atoms with Crippen LogP contribution in [0.25, 0.3) is 22.0 Å². The first-order valence-corrected chi connectivity index (χ1v) is 8.61. The molecule has 1 heterocycles. The highest BCUT2D eigenvalue weighted by Gasteiger charge is 2.17. The van der Waals surface area contributed by atoms with Gasteiger partial charge < -0.3 is 15.8 Å². The molecule has 0 aliphatic heterocycles. The van der Waals surface area contributed by atoms with E-state index < -0.39 is 0 Å². The van der Waals surface area contributed by atoms with Crippen molar-refractivity contribution in [3.8, 4) is 16.9 Å². The summed E-state index contributed by atoms with van der Waals surface area (Å²) in [5.74, 6) is 0.271. The number of ether oxygens (including phenoxy) is 1. The monoisotopic (exact) mass is 370 g/mol. The van der Waals surface area contributed by atoms with Crippen molar-refractivity contribution in [1.29, 1.82) is 0 Å². The molecule has 26 heavy (non-hydrogen) atoms. The molecule has 1 aromatic heterocycles. The van der Waals surface area contributed by atoms with Crippen LogP contribution in [0.5, 0.6) is 5.75 Å². The number of hydrogen-bond acceptors (Lipinski definition) is 5. The van der Waals surface area contributed by atoms with Crippen molar-refractivity contribution in [1.82, 2.24) is 15.5 Å². The lowest BCUT2D eigenvalue weighted by Gasteiger charge is -2.11. The fourth-order valence-corrected chi connectivity index (χ4v) is 2.96. The van der Waals surface area contributed by atoms with Crippen molar-refractivity contribution >= 4 is 34.1 Å². The summed E-state index contributed by atoms with van der Waals surface area (Å²) in [6.07, 6.45) is 0.828. The molecule has 0 spiro atoms. The van der Waals surface area contributed by atoms with Crippen LogP contribution in [0, 0.1) is 0 Å². The molecular formula is C19H19ClN4O2. The number of halogens is 1. The van der Waals surface area contributed by atoms with Gasteiger partial charge in [-0.2, -0.15) is 0 Å². The van der Waals surface area contributed by atoms with E-state index in [-0.39, 0.29) is 11.6 Å². The second-order valence-corrected chi connectivity index (χ2v) is 6.18. The van der Waals surface area contributed by atoms with Crippen LogP contribution in [0.2, 0.25) is 5.02 Å². The van der Waals surface area contributed by atoms with E-state index in [0.717, 1.165) is 17.5 Å². The summed E-state index contributed by atoms with van der Waals surface area (Å²) in [5, 5.41) is 12.3. The number of methoxy groups -OCH3 is 1. The number of benzene rings is 2. The number of fused-ring (bicyclic) bond motifs is 1. The van der Waals surface area contributed by atoms with Crippen LogP contribution >= 0.6 is 11.6 Å². The highest BCUT2D eigenvalue weighted by atomic mass is 35.5. The third-order valence-corrected chi connectivity index (χ3v) is 4.34. The SMILES string of the molecule is CCCNC(=O)c1nnc2c(-c3ccc(OC)c(Cl)c3)cccc2c1N. The molecular weight excluding hydrogens is 352 g/mol. The van der Waals surface area contributed by atoms with Crippen molar-refractivity contribution < 1.29 is 9.53 Å². The number of anilines is 1. The number of nitrogens with two attached hydrogens (primary N) is 1. The number of carbonyl (C=O) groups is 1. The quantitative estimate of drug-likeness (QED) is 0.715. The Kier molecular flexibility index (Phi) is 5.23. The Balaban J connectivity index is 2.10. The Hall–Kier alpha value is -2.86. The highest BCUT2D eigenvalue weighted by Crippen LogP contribution is 2.34. The zero-order valence-corrected chi connectivity index (χ0v) is 15.3. The van der Waals surface area contributed by atoms with Gasteiger partial charge >= 0.3 is 0 Å². The summed E-state index contributed by atoms with van der Waals surface area (Å²) >= 11 is 6.24. The molecule has 0 aliphatic carbocycles. The Labute approximate surface area is 156 Å². The van der Waals surface area contributed by atoms with Crippen LogP contribution in [0.3, 0.4) is 0 Å². The second kappa shape index (κ2) is 7.58. The number of aromatic nitrogens is 2. The van der Waals surface area contributed by atoms with E-state index in [9.17, 15) is 4.79 Å². The first-order valence-electron chi connectivity index (χ1n) is 8.23. The zero-order chi connectivity index (χ0) is 18.7. The molecule has 3 N–H and O–H groups in total. The van der Waals surface area contributed by atoms with Gasteiger partial charge in [0.05, 0.1) is 17.8 Å². The molecule has 0 saturated carbocycles. The minimum Gasteiger partial charge on any atom is -0.495 e. The lowest BCUT2D eigenvalue weighted by molar-refractivity contribution is 0.0949. The van der Waals surface area contributed by atoms with E-state index in [1.807, 2.05) is 31.2 Å². The predicted octanol–water partition coefficient (Wildman–Crippen LogP) is 3.68. The molecule has 0 radical (unpaired) electrons. The van der Waals surface area contributed by atoms with Gasteiger partial charge in [0.1, 0.15) is 11.3 Å². The number of nitrogens with one attached hydrogen (secondary N) is 1. The lowest BCUT2D eigenvalue weighted by Crippen LogP contribution is -2.26. The van der Waals surface area contributed by atoms with Crippen molar-refractivity contribution in [3.63, 3.8) is 0 Å². The predicted molar refractivity (Wildman–Crippen MR) is 104 cm³/mol. The molecule has 0 atom stereocenters. The standard InChI is InChI=1S/C19H19ClN4O2/c1-3-9-22-19(25)18-16(21)13-6-4-5-12(17(13)23-24-18)11-7-8-15(26-2)14(20)10-11/h4-8,10H,3,9H2,1-2H3,(H2,21,23)(H,22,25). The molecule has 0 bridgehead atoms. The molecule has 0 fully saturated rings. The summed E-state index contributed by atoms with van der Waals surface area (Å²) in [4.78, 5) is 12.2.